The molecular formula is C38H55NaO16. The van der Waals surface area contributed by atoms with Gasteiger partial charge in [-0.3, -0.25) is 4.79 Å². The van der Waals surface area contributed by atoms with E-state index < -0.39 is 110 Å². The maximum absolute atomic E-state index is 13.6. The third kappa shape index (κ3) is 11.9. The molecule has 0 radical (unpaired) electrons. The van der Waals surface area contributed by atoms with E-state index in [0.29, 0.717) is 19.3 Å². The molecular weight excluding hydrogens is 735 g/mol. The molecule has 55 heavy (non-hydrogen) atoms. The van der Waals surface area contributed by atoms with Gasteiger partial charge in [-0.1, -0.05) is 56.7 Å². The molecule has 0 spiro atoms. The minimum atomic E-state index is -1.66. The Labute approximate surface area is 343 Å². The number of aliphatic carboxylic acids is 1. The van der Waals surface area contributed by atoms with Gasteiger partial charge in [-0.25, -0.2) is 4.79 Å². The summed E-state index contributed by atoms with van der Waals surface area (Å²) in [5.74, 6) is -3.17. The summed E-state index contributed by atoms with van der Waals surface area (Å²) >= 11 is 0. The third-order valence-corrected chi connectivity index (χ3v) is 11.2. The van der Waals surface area contributed by atoms with E-state index in [1.165, 1.54) is 26.2 Å². The van der Waals surface area contributed by atoms with Crippen LogP contribution in [-0.4, -0.2) is 137 Å². The standard InChI is InChI=1S/C38H56O16.Na/c1-20-28(41)30(43)31(44)37(49-20)54-32-22(16-17-27(40)48-2)14-9-15-24(32)51-38-34(53-36(47)23-12-7-4-8-13-23)33(29(42)26(19-39)52-38)50-25(35(45)46)18-21-10-5-3-6-11-21;/h4,7-8,12-13,20-22,24-26,28-34,37-39,41-44H,3,5-6,9-11,14-19H2,1-2H3,(H,45,46);/q;+1/p-1/t20-,22+,24+,25-,26+,28+,29-,30+,31-,32+,33-,34+,37-,38+;/m0./s1. The van der Waals surface area contributed by atoms with Gasteiger partial charge in [0.2, 0.25) is 0 Å². The first-order chi connectivity index (χ1) is 25.9. The van der Waals surface area contributed by atoms with Gasteiger partial charge in [-0.2, -0.15) is 0 Å². The second-order valence-corrected chi connectivity index (χ2v) is 14.9. The molecule has 0 bridgehead atoms. The van der Waals surface area contributed by atoms with Crippen molar-refractivity contribution in [3.05, 3.63) is 35.9 Å². The molecule has 0 unspecified atom stereocenters. The second-order valence-electron chi connectivity index (χ2n) is 14.9. The van der Waals surface area contributed by atoms with E-state index in [4.69, 9.17) is 33.2 Å². The van der Waals surface area contributed by atoms with E-state index >= 15 is 0 Å². The van der Waals surface area contributed by atoms with Crippen LogP contribution in [0, 0.1) is 11.8 Å². The van der Waals surface area contributed by atoms with Gasteiger partial charge in [-0.15, -0.1) is 0 Å². The number of carboxylic acid groups (broad SMARTS) is 1. The molecule has 2 saturated carbocycles. The van der Waals surface area contributed by atoms with Gasteiger partial charge < -0.3 is 68.6 Å². The Bertz CT molecular complexity index is 1350. The fraction of sp³-hybridized carbons (Fsp3) is 0.763. The summed E-state index contributed by atoms with van der Waals surface area (Å²) in [4.78, 5) is 38.2. The predicted molar refractivity (Wildman–Crippen MR) is 183 cm³/mol. The molecule has 16 nitrogen and oxygen atoms in total. The van der Waals surface area contributed by atoms with Gasteiger partial charge in [0.15, 0.2) is 18.7 Å². The number of benzene rings is 1. The van der Waals surface area contributed by atoms with Crippen LogP contribution < -0.4 is 34.7 Å². The van der Waals surface area contributed by atoms with Crippen molar-refractivity contribution in [1.29, 1.82) is 0 Å². The summed E-state index contributed by atoms with van der Waals surface area (Å²) in [6.45, 7) is 0.779. The summed E-state index contributed by atoms with van der Waals surface area (Å²) in [7, 11) is 1.27. The molecule has 1 aromatic rings. The van der Waals surface area contributed by atoms with Crippen LogP contribution in [0.5, 0.6) is 0 Å². The van der Waals surface area contributed by atoms with Crippen molar-refractivity contribution >= 4 is 17.9 Å². The smallest absolute Gasteiger partial charge is 0.547 e. The quantitative estimate of drug-likeness (QED) is 0.0886. The molecule has 5 rings (SSSR count). The molecule has 4 fully saturated rings. The third-order valence-electron chi connectivity index (χ3n) is 11.2. The number of rotatable bonds is 15. The predicted octanol–water partition coefficient (Wildman–Crippen LogP) is -2.88. The average Bonchev–Trinajstić information content (AvgIpc) is 3.18. The molecule has 0 amide bonds. The number of hydrogen-bond acceptors (Lipinski definition) is 16. The normalized spacial score (nSPS) is 36.2. The molecule has 304 valence electrons. The topological polar surface area (TPSA) is 240 Å². The van der Waals surface area contributed by atoms with E-state index in [0.717, 1.165) is 32.1 Å². The Balaban J connectivity index is 0.00000673. The van der Waals surface area contributed by atoms with Gasteiger partial charge in [0.1, 0.15) is 36.6 Å². The van der Waals surface area contributed by atoms with Crippen molar-refractivity contribution in [2.45, 2.75) is 157 Å². The van der Waals surface area contributed by atoms with E-state index in [1.54, 1.807) is 18.2 Å². The van der Waals surface area contributed by atoms with Gasteiger partial charge in [0.25, 0.3) is 0 Å². The fourth-order valence-corrected chi connectivity index (χ4v) is 8.04. The maximum atomic E-state index is 13.6. The van der Waals surface area contributed by atoms with Crippen LogP contribution in [0.1, 0.15) is 87.9 Å². The first-order valence-electron chi connectivity index (χ1n) is 19.1. The minimum absolute atomic E-state index is 0. The number of aliphatic hydroxyl groups is 5. The first-order valence-corrected chi connectivity index (χ1v) is 19.1. The zero-order valence-corrected chi connectivity index (χ0v) is 33.8. The van der Waals surface area contributed by atoms with Crippen molar-refractivity contribution in [2.24, 2.45) is 11.8 Å². The van der Waals surface area contributed by atoms with Crippen LogP contribution in [0.4, 0.5) is 0 Å². The van der Waals surface area contributed by atoms with Crippen LogP contribution in [0.15, 0.2) is 30.3 Å². The molecule has 14 atom stereocenters. The Morgan fingerprint density at radius 2 is 1.55 bits per heavy atom. The molecule has 17 heteroatoms. The number of carboxylic acids is 1. The Morgan fingerprint density at radius 3 is 2.20 bits per heavy atom. The molecule has 2 saturated heterocycles. The van der Waals surface area contributed by atoms with Crippen LogP contribution in [0.2, 0.25) is 0 Å². The zero-order valence-electron chi connectivity index (χ0n) is 31.8. The number of ether oxygens (including phenoxy) is 7. The minimum Gasteiger partial charge on any atom is -0.547 e. The first kappa shape index (κ1) is 45.9. The molecule has 0 aromatic heterocycles. The molecule has 2 heterocycles. The van der Waals surface area contributed by atoms with Gasteiger partial charge in [-0.05, 0) is 56.6 Å². The number of methoxy groups -OCH3 is 1. The number of esters is 2. The van der Waals surface area contributed by atoms with Crippen molar-refractivity contribution in [3.63, 3.8) is 0 Å². The number of aliphatic hydroxyl groups excluding tert-OH is 5. The number of hydrogen-bond donors (Lipinski definition) is 5. The zero-order chi connectivity index (χ0) is 38.9. The summed E-state index contributed by atoms with van der Waals surface area (Å²) in [6.07, 6.45) is -11.6. The van der Waals surface area contributed by atoms with Crippen molar-refractivity contribution < 1.29 is 108 Å². The fourth-order valence-electron chi connectivity index (χ4n) is 8.04. The number of carbonyl (C=O) groups excluding carboxylic acids is 3. The Hall–Kier alpha value is -1.77. The average molecular weight is 791 g/mol. The van der Waals surface area contributed by atoms with Crippen LogP contribution >= 0.6 is 0 Å². The Morgan fingerprint density at radius 1 is 0.836 bits per heavy atom. The van der Waals surface area contributed by atoms with E-state index in [1.807, 2.05) is 0 Å². The maximum Gasteiger partial charge on any atom is 1.00 e. The largest absolute Gasteiger partial charge is 1.00 e. The van der Waals surface area contributed by atoms with Gasteiger partial charge >= 0.3 is 41.5 Å². The molecule has 4 aliphatic rings. The summed E-state index contributed by atoms with van der Waals surface area (Å²) in [6, 6.07) is 7.98. The number of carbonyl (C=O) groups is 3. The van der Waals surface area contributed by atoms with Gasteiger partial charge in [0.05, 0.1) is 49.7 Å². The molecule has 2 aliphatic carbocycles. The van der Waals surface area contributed by atoms with E-state index in [9.17, 15) is 45.0 Å². The summed E-state index contributed by atoms with van der Waals surface area (Å²) in [5, 5.41) is 65.9. The second kappa shape index (κ2) is 21.8. The molecule has 2 aliphatic heterocycles. The SMILES string of the molecule is COC(=O)CC[C@H]1CCC[C@@H](O[C@@H]2O[C@H](CO)[C@H](O)[C@H](O[C@@H](CC3CCCCC3)C(=O)[O-])[C@H]2OC(=O)c2ccccc2)[C@@H]1O[C@@H]1O[C@@H](C)[C@@H](O)[C@@H](O)[C@@H]1O.[Na+]. The molecule has 1 aromatic carbocycles. The van der Waals surface area contributed by atoms with E-state index in [2.05, 4.69) is 0 Å². The van der Waals surface area contributed by atoms with Crippen molar-refractivity contribution in [1.82, 2.24) is 0 Å². The van der Waals surface area contributed by atoms with E-state index in [-0.39, 0.29) is 60.3 Å². The van der Waals surface area contributed by atoms with Gasteiger partial charge in [0, 0.05) is 6.42 Å². The molecule has 5 N–H and O–H groups in total. The van der Waals surface area contributed by atoms with Crippen LogP contribution in [0.3, 0.4) is 0 Å². The van der Waals surface area contributed by atoms with Crippen molar-refractivity contribution in [2.75, 3.05) is 13.7 Å². The van der Waals surface area contributed by atoms with Crippen LogP contribution in [-0.2, 0) is 42.7 Å². The summed E-state index contributed by atoms with van der Waals surface area (Å²) in [5.41, 5.74) is 0.146. The van der Waals surface area contributed by atoms with Crippen LogP contribution in [0.25, 0.3) is 0 Å². The summed E-state index contributed by atoms with van der Waals surface area (Å²) < 4.78 is 41.6. The van der Waals surface area contributed by atoms with Crippen molar-refractivity contribution in [3.8, 4) is 0 Å². The monoisotopic (exact) mass is 790 g/mol. The Kier molecular flexibility index (Phi) is 18.2.